The first-order valence-electron chi connectivity index (χ1n) is 6.25. The van der Waals surface area contributed by atoms with Gasteiger partial charge in [0, 0.05) is 17.6 Å². The Hall–Kier alpha value is -2.55. The van der Waals surface area contributed by atoms with E-state index in [2.05, 4.69) is 22.4 Å². The Bertz CT molecular complexity index is 690. The van der Waals surface area contributed by atoms with Crippen LogP contribution in [0, 0.1) is 0 Å². The number of para-hydroxylation sites is 1. The number of pyridine rings is 1. The van der Waals surface area contributed by atoms with E-state index >= 15 is 0 Å². The minimum atomic E-state index is 0.742. The molecule has 1 heterocycles. The predicted molar refractivity (Wildman–Crippen MR) is 79.9 cm³/mol. The van der Waals surface area contributed by atoms with Gasteiger partial charge in [-0.1, -0.05) is 30.3 Å². The fourth-order valence-corrected chi connectivity index (χ4v) is 1.99. The first kappa shape index (κ1) is 11.5. The molecule has 0 radical (unpaired) electrons. The number of rotatable bonds is 3. The Kier molecular flexibility index (Phi) is 3.02. The van der Waals surface area contributed by atoms with Gasteiger partial charge >= 0.3 is 0 Å². The molecule has 3 nitrogen and oxygen atoms in total. The quantitative estimate of drug-likeness (QED) is 0.699. The molecule has 0 atom stereocenters. The molecule has 3 rings (SSSR count). The number of nitrogens with one attached hydrogen (secondary N) is 1. The average Bonchev–Trinajstić information content (AvgIpc) is 2.46. The summed E-state index contributed by atoms with van der Waals surface area (Å²) < 4.78 is 0. The topological polar surface area (TPSA) is 50.9 Å². The Labute approximate surface area is 112 Å². The molecule has 19 heavy (non-hydrogen) atoms. The lowest BCUT2D eigenvalue weighted by Gasteiger charge is -2.07. The van der Waals surface area contributed by atoms with Crippen LogP contribution in [0.25, 0.3) is 10.9 Å². The number of fused-ring (bicyclic) bond motifs is 1. The molecule has 0 aliphatic heterocycles. The summed E-state index contributed by atoms with van der Waals surface area (Å²) in [6, 6.07) is 20.0. The summed E-state index contributed by atoms with van der Waals surface area (Å²) in [6.45, 7) is 0.742. The van der Waals surface area contributed by atoms with E-state index in [0.717, 1.165) is 29.0 Å². The van der Waals surface area contributed by atoms with E-state index in [0.29, 0.717) is 0 Å². The maximum absolute atomic E-state index is 5.66. The fraction of sp³-hybridized carbons (Fsp3) is 0.0625. The highest BCUT2D eigenvalue weighted by Crippen LogP contribution is 2.15. The zero-order valence-corrected chi connectivity index (χ0v) is 10.5. The van der Waals surface area contributed by atoms with Gasteiger partial charge < -0.3 is 11.1 Å². The van der Waals surface area contributed by atoms with Crippen molar-refractivity contribution in [1.29, 1.82) is 0 Å². The van der Waals surface area contributed by atoms with Gasteiger partial charge in [-0.3, -0.25) is 0 Å². The Morgan fingerprint density at radius 2 is 1.68 bits per heavy atom. The number of nitrogen functional groups attached to an aromatic ring is 1. The largest absolute Gasteiger partial charge is 0.399 e. The molecule has 0 aliphatic rings. The zero-order chi connectivity index (χ0) is 13.1. The first-order valence-corrected chi connectivity index (χ1v) is 6.25. The van der Waals surface area contributed by atoms with Crippen LogP contribution in [0.15, 0.2) is 60.7 Å². The van der Waals surface area contributed by atoms with Crippen LogP contribution in [0.2, 0.25) is 0 Å². The highest BCUT2D eigenvalue weighted by molar-refractivity contribution is 5.80. The van der Waals surface area contributed by atoms with Gasteiger partial charge in [0.15, 0.2) is 0 Å². The third-order valence-electron chi connectivity index (χ3n) is 3.05. The third kappa shape index (κ3) is 2.65. The highest BCUT2D eigenvalue weighted by Gasteiger charge is 1.98. The molecule has 0 aliphatic carbocycles. The summed E-state index contributed by atoms with van der Waals surface area (Å²) in [5, 5.41) is 4.47. The van der Waals surface area contributed by atoms with Crippen molar-refractivity contribution in [2.45, 2.75) is 6.54 Å². The molecule has 0 spiro atoms. The summed E-state index contributed by atoms with van der Waals surface area (Å²) >= 11 is 0. The van der Waals surface area contributed by atoms with Crippen molar-refractivity contribution < 1.29 is 0 Å². The van der Waals surface area contributed by atoms with Gasteiger partial charge in [0.2, 0.25) is 0 Å². The summed E-state index contributed by atoms with van der Waals surface area (Å²) in [6.07, 6.45) is 0. The number of nitrogens with two attached hydrogens (primary N) is 1. The van der Waals surface area contributed by atoms with Crippen LogP contribution in [-0.2, 0) is 6.54 Å². The number of anilines is 2. The lowest BCUT2D eigenvalue weighted by Crippen LogP contribution is -2.01. The van der Waals surface area contributed by atoms with E-state index in [1.807, 2.05) is 48.5 Å². The monoisotopic (exact) mass is 249 g/mol. The minimum Gasteiger partial charge on any atom is -0.399 e. The van der Waals surface area contributed by atoms with E-state index < -0.39 is 0 Å². The first-order chi connectivity index (χ1) is 9.31. The van der Waals surface area contributed by atoms with Crippen LogP contribution < -0.4 is 11.1 Å². The van der Waals surface area contributed by atoms with Gasteiger partial charge in [-0.15, -0.1) is 0 Å². The number of hydrogen-bond donors (Lipinski definition) is 2. The fourth-order valence-electron chi connectivity index (χ4n) is 1.99. The highest BCUT2D eigenvalue weighted by atomic mass is 15.0. The van der Waals surface area contributed by atoms with Crippen molar-refractivity contribution in [3.05, 3.63) is 66.2 Å². The van der Waals surface area contributed by atoms with Crippen LogP contribution >= 0.6 is 0 Å². The summed E-state index contributed by atoms with van der Waals surface area (Å²) in [5.41, 5.74) is 8.64. The van der Waals surface area contributed by atoms with Crippen molar-refractivity contribution in [3.63, 3.8) is 0 Å². The molecule has 1 aromatic heterocycles. The molecule has 3 aromatic rings. The van der Waals surface area contributed by atoms with Crippen molar-refractivity contribution in [2.24, 2.45) is 0 Å². The van der Waals surface area contributed by atoms with Crippen LogP contribution in [0.5, 0.6) is 0 Å². The third-order valence-corrected chi connectivity index (χ3v) is 3.05. The summed E-state index contributed by atoms with van der Waals surface area (Å²) in [7, 11) is 0. The van der Waals surface area contributed by atoms with Crippen molar-refractivity contribution in [2.75, 3.05) is 11.1 Å². The van der Waals surface area contributed by atoms with Crippen LogP contribution in [-0.4, -0.2) is 4.98 Å². The van der Waals surface area contributed by atoms with Crippen molar-refractivity contribution >= 4 is 22.4 Å². The number of nitrogens with zero attached hydrogens (tertiary/aromatic N) is 1. The predicted octanol–water partition coefficient (Wildman–Crippen LogP) is 3.43. The molecule has 0 bridgehead atoms. The average molecular weight is 249 g/mol. The van der Waals surface area contributed by atoms with Crippen LogP contribution in [0.4, 0.5) is 11.5 Å². The van der Waals surface area contributed by atoms with Gasteiger partial charge in [-0.2, -0.15) is 0 Å². The number of hydrogen-bond acceptors (Lipinski definition) is 3. The maximum atomic E-state index is 5.66. The number of benzene rings is 2. The van der Waals surface area contributed by atoms with Crippen molar-refractivity contribution in [3.8, 4) is 0 Å². The molecular weight excluding hydrogens is 234 g/mol. The second kappa shape index (κ2) is 4.98. The second-order valence-corrected chi connectivity index (χ2v) is 4.48. The molecule has 0 saturated heterocycles. The molecule has 3 N–H and O–H groups in total. The van der Waals surface area contributed by atoms with Crippen LogP contribution in [0.1, 0.15) is 5.56 Å². The van der Waals surface area contributed by atoms with Gasteiger partial charge in [0.25, 0.3) is 0 Å². The van der Waals surface area contributed by atoms with E-state index in [1.54, 1.807) is 0 Å². The van der Waals surface area contributed by atoms with E-state index in [9.17, 15) is 0 Å². The standard InChI is InChI=1S/C16H15N3/c17-14-8-5-12(6-9-14)11-18-16-10-7-13-3-1-2-4-15(13)19-16/h1-10H,11,17H2,(H,18,19). The Balaban J connectivity index is 1.76. The van der Waals surface area contributed by atoms with E-state index in [4.69, 9.17) is 5.73 Å². The summed E-state index contributed by atoms with van der Waals surface area (Å²) in [5.74, 6) is 0.885. The molecule has 0 fully saturated rings. The van der Waals surface area contributed by atoms with E-state index in [1.165, 1.54) is 5.56 Å². The smallest absolute Gasteiger partial charge is 0.126 e. The molecular formula is C16H15N3. The molecule has 2 aromatic carbocycles. The lowest BCUT2D eigenvalue weighted by atomic mass is 10.2. The second-order valence-electron chi connectivity index (χ2n) is 4.48. The lowest BCUT2D eigenvalue weighted by molar-refractivity contribution is 1.12. The SMILES string of the molecule is Nc1ccc(CNc2ccc3ccccc3n2)cc1. The zero-order valence-electron chi connectivity index (χ0n) is 10.5. The van der Waals surface area contributed by atoms with Gasteiger partial charge in [0.1, 0.15) is 5.82 Å². The van der Waals surface area contributed by atoms with Crippen LogP contribution in [0.3, 0.4) is 0 Å². The molecule has 0 saturated carbocycles. The molecule has 94 valence electrons. The molecule has 0 amide bonds. The maximum Gasteiger partial charge on any atom is 0.126 e. The van der Waals surface area contributed by atoms with E-state index in [-0.39, 0.29) is 0 Å². The van der Waals surface area contributed by atoms with Gasteiger partial charge in [0.05, 0.1) is 5.52 Å². The molecule has 3 heteroatoms. The van der Waals surface area contributed by atoms with Crippen molar-refractivity contribution in [1.82, 2.24) is 4.98 Å². The minimum absolute atomic E-state index is 0.742. The Morgan fingerprint density at radius 1 is 0.895 bits per heavy atom. The normalized spacial score (nSPS) is 10.5. The Morgan fingerprint density at radius 3 is 2.53 bits per heavy atom. The van der Waals surface area contributed by atoms with Gasteiger partial charge in [-0.05, 0) is 35.9 Å². The number of aromatic nitrogens is 1. The molecule has 0 unspecified atom stereocenters. The van der Waals surface area contributed by atoms with Gasteiger partial charge in [-0.25, -0.2) is 4.98 Å². The summed E-state index contributed by atoms with van der Waals surface area (Å²) in [4.78, 5) is 4.57.